The molecule has 154 valence electrons. The van der Waals surface area contributed by atoms with Gasteiger partial charge < -0.3 is 14.6 Å². The van der Waals surface area contributed by atoms with Gasteiger partial charge in [-0.1, -0.05) is 86.6 Å². The zero-order valence-electron chi connectivity index (χ0n) is 17.4. The number of carboxylic acids is 1. The number of rotatable bonds is 7. The largest absolute Gasteiger partial charge is 0.497 e. The van der Waals surface area contributed by atoms with E-state index in [1.807, 2.05) is 98.8 Å². The average Bonchev–Trinajstić information content (AvgIpc) is 3.33. The summed E-state index contributed by atoms with van der Waals surface area (Å²) in [5, 5.41) is 9.74. The van der Waals surface area contributed by atoms with Crippen LogP contribution in [0.2, 0.25) is 0 Å². The maximum Gasteiger partial charge on any atom is 0.309 e. The third-order valence-corrected chi connectivity index (χ3v) is 6.16. The van der Waals surface area contributed by atoms with E-state index in [0.717, 1.165) is 22.4 Å². The first-order valence-corrected chi connectivity index (χ1v) is 10.1. The highest BCUT2D eigenvalue weighted by Crippen LogP contribution is 2.58. The number of hydrogen-bond acceptors (Lipinski definition) is 3. The zero-order valence-corrected chi connectivity index (χ0v) is 17.4. The molecule has 1 fully saturated rings. The molecule has 1 N–H and O–H groups in total. The Morgan fingerprint density at radius 2 is 1.30 bits per heavy atom. The smallest absolute Gasteiger partial charge is 0.309 e. The molecule has 4 heteroatoms. The third-order valence-electron chi connectivity index (χ3n) is 6.16. The Hall–Kier alpha value is -3.11. The van der Waals surface area contributed by atoms with Gasteiger partial charge in [-0.2, -0.15) is 0 Å². The SMILES string of the molecule is COc1ccc(C(OC2C(C(=O)O)C2(C)C)(c2ccccc2)c2ccccc2)cc1. The molecule has 1 aliphatic rings. The molecule has 0 spiro atoms. The lowest BCUT2D eigenvalue weighted by atomic mass is 9.80. The Morgan fingerprint density at radius 1 is 0.833 bits per heavy atom. The van der Waals surface area contributed by atoms with Crippen LogP contribution in [0.3, 0.4) is 0 Å². The second-order valence-electron chi connectivity index (χ2n) is 8.32. The molecule has 4 nitrogen and oxygen atoms in total. The van der Waals surface area contributed by atoms with Crippen molar-refractivity contribution in [2.75, 3.05) is 7.11 Å². The minimum Gasteiger partial charge on any atom is -0.497 e. The molecule has 0 amide bonds. The normalized spacial score (nSPS) is 19.8. The van der Waals surface area contributed by atoms with E-state index in [0.29, 0.717) is 0 Å². The van der Waals surface area contributed by atoms with Gasteiger partial charge in [0.1, 0.15) is 11.4 Å². The molecule has 0 bridgehead atoms. The van der Waals surface area contributed by atoms with Crippen LogP contribution in [0.25, 0.3) is 0 Å². The summed E-state index contributed by atoms with van der Waals surface area (Å²) in [6.45, 7) is 3.90. The van der Waals surface area contributed by atoms with Gasteiger partial charge in [0.15, 0.2) is 0 Å². The third kappa shape index (κ3) is 3.27. The molecule has 1 aliphatic carbocycles. The molecule has 2 atom stereocenters. The molecule has 30 heavy (non-hydrogen) atoms. The molecule has 3 aromatic carbocycles. The summed E-state index contributed by atoms with van der Waals surface area (Å²) in [5.41, 5.74) is 1.43. The van der Waals surface area contributed by atoms with Gasteiger partial charge in [-0.25, -0.2) is 0 Å². The summed E-state index contributed by atoms with van der Waals surface area (Å²) in [6, 6.07) is 27.8. The van der Waals surface area contributed by atoms with Crippen LogP contribution in [0.15, 0.2) is 84.9 Å². The summed E-state index contributed by atoms with van der Waals surface area (Å²) in [6.07, 6.45) is -0.419. The number of carboxylic acid groups (broad SMARTS) is 1. The Kier molecular flexibility index (Phi) is 5.12. The lowest BCUT2D eigenvalue weighted by molar-refractivity contribution is -0.140. The monoisotopic (exact) mass is 402 g/mol. The fourth-order valence-corrected chi connectivity index (χ4v) is 4.32. The van der Waals surface area contributed by atoms with E-state index < -0.39 is 29.0 Å². The molecule has 1 saturated carbocycles. The van der Waals surface area contributed by atoms with E-state index in [2.05, 4.69) is 0 Å². The summed E-state index contributed by atoms with van der Waals surface area (Å²) in [4.78, 5) is 11.9. The molecule has 4 rings (SSSR count). The van der Waals surface area contributed by atoms with E-state index in [9.17, 15) is 9.90 Å². The molecular formula is C26H26O4. The first kappa shape index (κ1) is 20.2. The molecule has 2 unspecified atom stereocenters. The second-order valence-corrected chi connectivity index (χ2v) is 8.32. The van der Waals surface area contributed by atoms with Crippen molar-refractivity contribution < 1.29 is 19.4 Å². The van der Waals surface area contributed by atoms with E-state index >= 15 is 0 Å². The average molecular weight is 402 g/mol. The molecule has 0 aliphatic heterocycles. The van der Waals surface area contributed by atoms with Crippen LogP contribution >= 0.6 is 0 Å². The topological polar surface area (TPSA) is 55.8 Å². The number of ether oxygens (including phenoxy) is 2. The lowest BCUT2D eigenvalue weighted by Gasteiger charge is -2.36. The van der Waals surface area contributed by atoms with Gasteiger partial charge in [-0.05, 0) is 28.8 Å². The first-order chi connectivity index (χ1) is 14.4. The maximum absolute atomic E-state index is 11.9. The van der Waals surface area contributed by atoms with Gasteiger partial charge in [0, 0.05) is 5.41 Å². The van der Waals surface area contributed by atoms with Gasteiger partial charge in [0.2, 0.25) is 0 Å². The van der Waals surface area contributed by atoms with Crippen LogP contribution in [0, 0.1) is 11.3 Å². The van der Waals surface area contributed by atoms with Crippen molar-refractivity contribution in [1.82, 2.24) is 0 Å². The quantitative estimate of drug-likeness (QED) is 0.558. The fraction of sp³-hybridized carbons (Fsp3) is 0.269. The zero-order chi connectivity index (χ0) is 21.4. The van der Waals surface area contributed by atoms with Crippen molar-refractivity contribution in [2.45, 2.75) is 25.6 Å². The van der Waals surface area contributed by atoms with Crippen molar-refractivity contribution in [1.29, 1.82) is 0 Å². The van der Waals surface area contributed by atoms with Crippen LogP contribution in [-0.2, 0) is 15.1 Å². The molecule has 0 aromatic heterocycles. The summed E-state index contributed by atoms with van der Waals surface area (Å²) >= 11 is 0. The lowest BCUT2D eigenvalue weighted by Crippen LogP contribution is -2.35. The van der Waals surface area contributed by atoms with Crippen molar-refractivity contribution in [3.63, 3.8) is 0 Å². The van der Waals surface area contributed by atoms with Gasteiger partial charge in [0.25, 0.3) is 0 Å². The fourth-order valence-electron chi connectivity index (χ4n) is 4.32. The number of methoxy groups -OCH3 is 1. The summed E-state index contributed by atoms with van der Waals surface area (Å²) < 4.78 is 12.2. The van der Waals surface area contributed by atoms with Crippen LogP contribution < -0.4 is 4.74 Å². The summed E-state index contributed by atoms with van der Waals surface area (Å²) in [5.74, 6) is -0.624. The second kappa shape index (κ2) is 7.62. The molecule has 0 saturated heterocycles. The number of benzene rings is 3. The Morgan fingerprint density at radius 3 is 1.70 bits per heavy atom. The van der Waals surface area contributed by atoms with Crippen molar-refractivity contribution in [3.05, 3.63) is 102 Å². The highest BCUT2D eigenvalue weighted by atomic mass is 16.5. The molecule has 0 heterocycles. The minimum atomic E-state index is -0.944. The molecule has 0 radical (unpaired) electrons. The predicted octanol–water partition coefficient (Wildman–Crippen LogP) is 5.11. The van der Waals surface area contributed by atoms with Gasteiger partial charge in [0.05, 0.1) is 19.1 Å². The van der Waals surface area contributed by atoms with E-state index in [4.69, 9.17) is 9.47 Å². The predicted molar refractivity (Wildman–Crippen MR) is 116 cm³/mol. The highest BCUT2D eigenvalue weighted by molar-refractivity contribution is 5.76. The summed E-state index contributed by atoms with van der Waals surface area (Å²) in [7, 11) is 1.64. The van der Waals surface area contributed by atoms with Gasteiger partial charge >= 0.3 is 5.97 Å². The van der Waals surface area contributed by atoms with Crippen LogP contribution in [-0.4, -0.2) is 24.3 Å². The minimum absolute atomic E-state index is 0.419. The van der Waals surface area contributed by atoms with E-state index in [-0.39, 0.29) is 0 Å². The number of aliphatic carboxylic acids is 1. The van der Waals surface area contributed by atoms with E-state index in [1.54, 1.807) is 7.11 Å². The van der Waals surface area contributed by atoms with Crippen LogP contribution in [0.4, 0.5) is 0 Å². The number of hydrogen-bond donors (Lipinski definition) is 1. The Bertz CT molecular complexity index is 970. The first-order valence-electron chi connectivity index (χ1n) is 10.1. The molecular weight excluding hydrogens is 376 g/mol. The van der Waals surface area contributed by atoms with Crippen molar-refractivity contribution >= 4 is 5.97 Å². The van der Waals surface area contributed by atoms with E-state index in [1.165, 1.54) is 0 Å². The standard InChI is InChI=1S/C26H26O4/c1-25(2)22(24(27)28)23(25)30-26(18-10-6-4-7-11-18,19-12-8-5-9-13-19)20-14-16-21(29-3)17-15-20/h4-17,22-23H,1-3H3,(H,27,28). The highest BCUT2D eigenvalue weighted by Gasteiger charge is 2.66. The van der Waals surface area contributed by atoms with Crippen molar-refractivity contribution in [3.8, 4) is 5.75 Å². The van der Waals surface area contributed by atoms with Crippen molar-refractivity contribution in [2.24, 2.45) is 11.3 Å². The van der Waals surface area contributed by atoms with Crippen LogP contribution in [0.1, 0.15) is 30.5 Å². The Labute approximate surface area is 177 Å². The van der Waals surface area contributed by atoms with Gasteiger partial charge in [-0.15, -0.1) is 0 Å². The molecule has 3 aromatic rings. The van der Waals surface area contributed by atoms with Gasteiger partial charge in [-0.3, -0.25) is 4.79 Å². The maximum atomic E-state index is 11.9. The van der Waals surface area contributed by atoms with Crippen LogP contribution in [0.5, 0.6) is 5.75 Å². The Balaban J connectivity index is 1.93. The number of carbonyl (C=O) groups is 1.